The second-order valence-electron chi connectivity index (χ2n) is 8.59. The van der Waals surface area contributed by atoms with Crippen LogP contribution >= 0.6 is 0 Å². The van der Waals surface area contributed by atoms with Gasteiger partial charge in [-0.05, 0) is 62.2 Å². The number of rotatable bonds is 4. The summed E-state index contributed by atoms with van der Waals surface area (Å²) in [4.78, 5) is 17.5. The molecule has 1 spiro atoms. The van der Waals surface area contributed by atoms with E-state index < -0.39 is 0 Å². The number of benzene rings is 2. The highest BCUT2D eigenvalue weighted by Gasteiger charge is 2.46. The van der Waals surface area contributed by atoms with Gasteiger partial charge < -0.3 is 15.1 Å². The van der Waals surface area contributed by atoms with E-state index in [1.807, 2.05) is 6.07 Å². The smallest absolute Gasteiger partial charge is 0.251 e. The molecule has 2 aromatic rings. The van der Waals surface area contributed by atoms with Crippen LogP contribution in [0.2, 0.25) is 0 Å². The Morgan fingerprint density at radius 3 is 2.67 bits per heavy atom. The normalized spacial score (nSPS) is 24.4. The maximum absolute atomic E-state index is 12.6. The number of likely N-dealkylation sites (N-methyl/N-ethyl adjacent to an activating group) is 1. The van der Waals surface area contributed by atoms with Crippen molar-refractivity contribution >= 4 is 11.6 Å². The van der Waals surface area contributed by atoms with E-state index >= 15 is 0 Å². The van der Waals surface area contributed by atoms with Gasteiger partial charge in [-0.1, -0.05) is 30.3 Å². The van der Waals surface area contributed by atoms with Gasteiger partial charge in [0, 0.05) is 42.3 Å². The van der Waals surface area contributed by atoms with Crippen LogP contribution in [0.15, 0.2) is 48.5 Å². The van der Waals surface area contributed by atoms with Gasteiger partial charge in [0.2, 0.25) is 0 Å². The first-order valence-corrected chi connectivity index (χ1v) is 10.1. The van der Waals surface area contributed by atoms with Crippen molar-refractivity contribution in [3.8, 4) is 0 Å². The lowest BCUT2D eigenvalue weighted by molar-refractivity contribution is 0.0951. The van der Waals surface area contributed by atoms with Crippen LogP contribution in [0.1, 0.15) is 40.7 Å². The SMILES string of the molecule is CN1CCC2(C1)CN(Cc1ccccc1)c1ccc(C(=O)NC3CC3)cc12. The number of anilines is 1. The van der Waals surface area contributed by atoms with Crippen LogP contribution in [-0.2, 0) is 12.0 Å². The average Bonchev–Trinajstić information content (AvgIpc) is 3.35. The quantitative estimate of drug-likeness (QED) is 0.909. The lowest BCUT2D eigenvalue weighted by atomic mass is 9.81. The van der Waals surface area contributed by atoms with Crippen LogP contribution in [0.5, 0.6) is 0 Å². The van der Waals surface area contributed by atoms with Gasteiger partial charge in [0.25, 0.3) is 5.91 Å². The molecule has 1 N–H and O–H groups in total. The minimum atomic E-state index is 0.0864. The van der Waals surface area contributed by atoms with E-state index in [-0.39, 0.29) is 11.3 Å². The van der Waals surface area contributed by atoms with Crippen LogP contribution in [0.3, 0.4) is 0 Å². The Balaban J connectivity index is 1.49. The first-order valence-electron chi connectivity index (χ1n) is 10.1. The number of carbonyl (C=O) groups excluding carboxylic acids is 1. The molecule has 2 aliphatic heterocycles. The number of likely N-dealkylation sites (tertiary alicyclic amines) is 1. The highest BCUT2D eigenvalue weighted by atomic mass is 16.1. The summed E-state index contributed by atoms with van der Waals surface area (Å²) in [5, 5.41) is 3.14. The monoisotopic (exact) mass is 361 g/mol. The molecule has 5 rings (SSSR count). The molecular formula is C23H27N3O. The van der Waals surface area contributed by atoms with Crippen LogP contribution in [0.4, 0.5) is 5.69 Å². The third kappa shape index (κ3) is 3.12. The standard InChI is InChI=1S/C23H27N3O/c1-25-12-11-23(15-25)16-26(14-17-5-3-2-4-6-17)21-10-7-18(13-20(21)23)22(27)24-19-8-9-19/h2-7,10,13,19H,8-9,11-12,14-16H2,1H3,(H,24,27). The van der Waals surface area contributed by atoms with Gasteiger partial charge in [-0.2, -0.15) is 0 Å². The zero-order chi connectivity index (χ0) is 18.4. The Hall–Kier alpha value is -2.33. The van der Waals surface area contributed by atoms with E-state index in [1.54, 1.807) is 0 Å². The largest absolute Gasteiger partial charge is 0.366 e. The minimum absolute atomic E-state index is 0.0864. The Morgan fingerprint density at radius 1 is 1.15 bits per heavy atom. The Bertz CT molecular complexity index is 861. The van der Waals surface area contributed by atoms with Crippen molar-refractivity contribution in [3.63, 3.8) is 0 Å². The van der Waals surface area contributed by atoms with Gasteiger partial charge in [-0.25, -0.2) is 0 Å². The van der Waals surface area contributed by atoms with Crippen molar-refractivity contribution in [1.82, 2.24) is 10.2 Å². The molecule has 1 amide bonds. The fourth-order valence-corrected chi connectivity index (χ4v) is 4.78. The topological polar surface area (TPSA) is 35.6 Å². The lowest BCUT2D eigenvalue weighted by Crippen LogP contribution is -2.35. The van der Waals surface area contributed by atoms with E-state index in [2.05, 4.69) is 64.6 Å². The lowest BCUT2D eigenvalue weighted by Gasteiger charge is -2.26. The molecular weight excluding hydrogens is 334 g/mol. The molecule has 140 valence electrons. The summed E-state index contributed by atoms with van der Waals surface area (Å²) in [5.74, 6) is 0.0864. The molecule has 0 aromatic heterocycles. The van der Waals surface area contributed by atoms with Crippen molar-refractivity contribution in [2.75, 3.05) is 31.6 Å². The number of hydrogen-bond donors (Lipinski definition) is 1. The van der Waals surface area contributed by atoms with Crippen molar-refractivity contribution in [3.05, 3.63) is 65.2 Å². The second kappa shape index (κ2) is 6.38. The number of amides is 1. The summed E-state index contributed by atoms with van der Waals surface area (Å²) in [7, 11) is 2.21. The van der Waals surface area contributed by atoms with E-state index in [9.17, 15) is 4.79 Å². The molecule has 2 aromatic carbocycles. The van der Waals surface area contributed by atoms with E-state index in [1.165, 1.54) is 16.8 Å². The van der Waals surface area contributed by atoms with Gasteiger partial charge in [0.1, 0.15) is 0 Å². The number of nitrogens with one attached hydrogen (secondary N) is 1. The summed E-state index contributed by atoms with van der Waals surface area (Å²) in [5.41, 5.74) is 4.97. The highest BCUT2D eigenvalue weighted by Crippen LogP contribution is 2.47. The second-order valence-corrected chi connectivity index (χ2v) is 8.59. The molecule has 4 heteroatoms. The molecule has 4 nitrogen and oxygen atoms in total. The highest BCUT2D eigenvalue weighted by molar-refractivity contribution is 5.95. The van der Waals surface area contributed by atoms with Crippen LogP contribution in [0.25, 0.3) is 0 Å². The first kappa shape index (κ1) is 16.8. The van der Waals surface area contributed by atoms with Crippen LogP contribution in [0, 0.1) is 0 Å². The summed E-state index contributed by atoms with van der Waals surface area (Å²) in [6.07, 6.45) is 3.40. The number of nitrogens with zero attached hydrogens (tertiary/aromatic N) is 2. The van der Waals surface area contributed by atoms with Gasteiger partial charge in [0.05, 0.1) is 0 Å². The third-order valence-corrected chi connectivity index (χ3v) is 6.34. The minimum Gasteiger partial charge on any atom is -0.366 e. The van der Waals surface area contributed by atoms with Crippen molar-refractivity contribution < 1.29 is 4.79 Å². The van der Waals surface area contributed by atoms with Gasteiger partial charge >= 0.3 is 0 Å². The molecule has 1 saturated heterocycles. The van der Waals surface area contributed by atoms with Crippen molar-refractivity contribution in [1.29, 1.82) is 0 Å². The maximum Gasteiger partial charge on any atom is 0.251 e. The number of fused-ring (bicyclic) bond motifs is 2. The Kier molecular flexibility index (Phi) is 3.97. The summed E-state index contributed by atoms with van der Waals surface area (Å²) >= 11 is 0. The maximum atomic E-state index is 12.6. The molecule has 1 aliphatic carbocycles. The van der Waals surface area contributed by atoms with E-state index in [4.69, 9.17) is 0 Å². The zero-order valence-corrected chi connectivity index (χ0v) is 15.9. The molecule has 2 heterocycles. The summed E-state index contributed by atoms with van der Waals surface area (Å²) in [6.45, 7) is 4.15. The molecule has 27 heavy (non-hydrogen) atoms. The Morgan fingerprint density at radius 2 is 1.96 bits per heavy atom. The molecule has 1 unspecified atom stereocenters. The average molecular weight is 361 g/mol. The van der Waals surface area contributed by atoms with Gasteiger partial charge in [-0.15, -0.1) is 0 Å². The first-order chi connectivity index (χ1) is 13.1. The Labute approximate surface area is 161 Å². The van der Waals surface area contributed by atoms with Crippen LogP contribution < -0.4 is 10.2 Å². The zero-order valence-electron chi connectivity index (χ0n) is 15.9. The molecule has 1 saturated carbocycles. The van der Waals surface area contributed by atoms with Gasteiger partial charge in [-0.3, -0.25) is 4.79 Å². The molecule has 0 radical (unpaired) electrons. The number of carbonyl (C=O) groups is 1. The molecule has 1 atom stereocenters. The fourth-order valence-electron chi connectivity index (χ4n) is 4.78. The van der Waals surface area contributed by atoms with Gasteiger partial charge in [0.15, 0.2) is 0 Å². The summed E-state index contributed by atoms with van der Waals surface area (Å²) < 4.78 is 0. The summed E-state index contributed by atoms with van der Waals surface area (Å²) in [6, 6.07) is 17.4. The predicted molar refractivity (Wildman–Crippen MR) is 108 cm³/mol. The predicted octanol–water partition coefficient (Wildman–Crippen LogP) is 3.17. The molecule has 0 bridgehead atoms. The van der Waals surface area contributed by atoms with E-state index in [0.717, 1.165) is 51.0 Å². The molecule has 3 aliphatic rings. The van der Waals surface area contributed by atoms with Crippen molar-refractivity contribution in [2.24, 2.45) is 0 Å². The van der Waals surface area contributed by atoms with E-state index in [0.29, 0.717) is 6.04 Å². The molecule has 2 fully saturated rings. The fraction of sp³-hybridized carbons (Fsp3) is 0.435. The van der Waals surface area contributed by atoms with Crippen LogP contribution in [-0.4, -0.2) is 43.5 Å². The third-order valence-electron chi connectivity index (χ3n) is 6.34. The number of hydrogen-bond acceptors (Lipinski definition) is 3. The van der Waals surface area contributed by atoms with Crippen molar-refractivity contribution in [2.45, 2.75) is 37.3 Å².